The first-order valence-electron chi connectivity index (χ1n) is 4.28. The maximum atomic E-state index is 2.34. The van der Waals surface area contributed by atoms with Gasteiger partial charge in [-0.15, -0.1) is 7.53 Å². The van der Waals surface area contributed by atoms with Crippen LogP contribution < -0.4 is 0 Å². The summed E-state index contributed by atoms with van der Waals surface area (Å²) in [5.74, 6) is 2.32. The molecule has 62 valence electrons. The Bertz CT molecular complexity index is 353. The van der Waals surface area contributed by atoms with Crippen LogP contribution in [0, 0.1) is 0 Å². The third-order valence-corrected chi connectivity index (χ3v) is 4.16. The Morgan fingerprint density at radius 3 is 2.67 bits per heavy atom. The topological polar surface area (TPSA) is 0 Å². The van der Waals surface area contributed by atoms with Gasteiger partial charge < -0.3 is 0 Å². The Balaban J connectivity index is 2.44. The average molecular weight is 176 g/mol. The lowest BCUT2D eigenvalue weighted by Crippen LogP contribution is -1.76. The van der Waals surface area contributed by atoms with E-state index in [2.05, 4.69) is 43.7 Å². The number of aryl methyl sites for hydroxylation is 1. The van der Waals surface area contributed by atoms with E-state index in [4.69, 9.17) is 0 Å². The molecule has 1 aromatic heterocycles. The maximum absolute atomic E-state index is 2.34. The van der Waals surface area contributed by atoms with Crippen molar-refractivity contribution >= 4 is 13.1 Å². The molecule has 1 atom stereocenters. The van der Waals surface area contributed by atoms with Crippen LogP contribution >= 0.6 is 7.53 Å². The number of hydrogen-bond donors (Lipinski definition) is 0. The predicted molar refractivity (Wildman–Crippen MR) is 56.5 cm³/mol. The second-order valence-corrected chi connectivity index (χ2v) is 5.25. The molecule has 1 unspecified atom stereocenters. The lowest BCUT2D eigenvalue weighted by molar-refractivity contribution is 1.42. The van der Waals surface area contributed by atoms with Crippen molar-refractivity contribution in [3.63, 3.8) is 0 Å². The molecular weight excluding hydrogens is 163 g/mol. The van der Waals surface area contributed by atoms with E-state index in [1.165, 1.54) is 11.1 Å². The molecule has 0 amide bonds. The van der Waals surface area contributed by atoms with Crippen LogP contribution in [-0.4, -0.2) is 0 Å². The van der Waals surface area contributed by atoms with E-state index in [9.17, 15) is 0 Å². The van der Waals surface area contributed by atoms with Crippen molar-refractivity contribution in [3.05, 3.63) is 41.0 Å². The summed E-state index contributed by atoms with van der Waals surface area (Å²) >= 11 is 0. The smallest absolute Gasteiger partial charge is 0.000839 e. The van der Waals surface area contributed by atoms with Gasteiger partial charge in [0.25, 0.3) is 0 Å². The van der Waals surface area contributed by atoms with Gasteiger partial charge in [-0.1, -0.05) is 24.3 Å². The summed E-state index contributed by atoms with van der Waals surface area (Å²) in [6, 6.07) is 4.45. The van der Waals surface area contributed by atoms with Gasteiger partial charge in [0.15, 0.2) is 0 Å². The molecule has 1 aliphatic carbocycles. The van der Waals surface area contributed by atoms with Gasteiger partial charge >= 0.3 is 0 Å². The minimum absolute atomic E-state index is 0.00534. The van der Waals surface area contributed by atoms with Gasteiger partial charge in [0.1, 0.15) is 0 Å². The molecule has 0 N–H and O–H groups in total. The van der Waals surface area contributed by atoms with Crippen LogP contribution in [0.3, 0.4) is 0 Å². The lowest BCUT2D eigenvalue weighted by atomic mass is 10.1. The van der Waals surface area contributed by atoms with Gasteiger partial charge in [-0.25, -0.2) is 0 Å². The lowest BCUT2D eigenvalue weighted by Gasteiger charge is -2.03. The van der Waals surface area contributed by atoms with Crippen LogP contribution in [0.25, 0.3) is 5.57 Å². The summed E-state index contributed by atoms with van der Waals surface area (Å²) in [7, 11) is 0.00534. The highest BCUT2D eigenvalue weighted by Gasteiger charge is 2.09. The van der Waals surface area contributed by atoms with Crippen LogP contribution in [-0.2, 0) is 6.66 Å². The normalized spacial score (nSPS) is 17.7. The molecular formula is C11H13P. The van der Waals surface area contributed by atoms with Crippen molar-refractivity contribution in [2.24, 2.45) is 6.66 Å². The minimum atomic E-state index is 0.00534. The van der Waals surface area contributed by atoms with E-state index in [1.54, 1.807) is 5.30 Å². The summed E-state index contributed by atoms with van der Waals surface area (Å²) in [6.45, 7) is 4.53. The van der Waals surface area contributed by atoms with E-state index < -0.39 is 0 Å². The zero-order chi connectivity index (χ0) is 8.55. The van der Waals surface area contributed by atoms with Crippen molar-refractivity contribution < 1.29 is 0 Å². The molecule has 1 aliphatic rings. The van der Waals surface area contributed by atoms with Gasteiger partial charge in [0.05, 0.1) is 0 Å². The quantitative estimate of drug-likeness (QED) is 0.607. The highest BCUT2D eigenvalue weighted by atomic mass is 31.1. The van der Waals surface area contributed by atoms with Crippen LogP contribution in [0.1, 0.15) is 18.6 Å². The first kappa shape index (κ1) is 7.89. The largest absolute Gasteiger partial charge is 0.120 e. The summed E-state index contributed by atoms with van der Waals surface area (Å²) in [5.41, 5.74) is 2.95. The summed E-state index contributed by atoms with van der Waals surface area (Å²) in [4.78, 5) is 0. The van der Waals surface area contributed by atoms with E-state index >= 15 is 0 Å². The fourth-order valence-corrected chi connectivity index (χ4v) is 3.15. The predicted octanol–water partition coefficient (Wildman–Crippen LogP) is 3.94. The molecule has 0 saturated heterocycles. The maximum Gasteiger partial charge on any atom is 0.000839 e. The first-order valence-corrected chi connectivity index (χ1v) is 6.14. The van der Waals surface area contributed by atoms with Gasteiger partial charge in [0, 0.05) is 5.30 Å². The summed E-state index contributed by atoms with van der Waals surface area (Å²) < 4.78 is 0. The molecule has 0 nitrogen and oxygen atoms in total. The molecule has 1 aromatic rings. The highest BCUT2D eigenvalue weighted by Crippen LogP contribution is 2.40. The zero-order valence-corrected chi connectivity index (χ0v) is 8.44. The Morgan fingerprint density at radius 1 is 1.33 bits per heavy atom. The van der Waals surface area contributed by atoms with Crippen LogP contribution in [0.2, 0.25) is 0 Å². The van der Waals surface area contributed by atoms with Gasteiger partial charge in [-0.2, -0.15) is 0 Å². The number of allylic oxidation sites excluding steroid dienone is 4. The van der Waals surface area contributed by atoms with Crippen molar-refractivity contribution in [2.45, 2.75) is 13.3 Å². The number of rotatable bonds is 1. The van der Waals surface area contributed by atoms with Gasteiger partial charge in [-0.05, 0) is 37.0 Å². The monoisotopic (exact) mass is 176 g/mol. The SMILES string of the molecule is CC1=CCC=C1c1cccp1C. The van der Waals surface area contributed by atoms with Crippen molar-refractivity contribution in [1.82, 2.24) is 0 Å². The number of hydrogen-bond acceptors (Lipinski definition) is 0. The summed E-state index contributed by atoms with van der Waals surface area (Å²) in [5, 5.41) is 1.55. The fourth-order valence-electron chi connectivity index (χ4n) is 1.67. The Kier molecular flexibility index (Phi) is 1.94. The molecule has 2 rings (SSSR count). The zero-order valence-electron chi connectivity index (χ0n) is 7.54. The van der Waals surface area contributed by atoms with E-state index in [-0.39, 0.29) is 7.53 Å². The van der Waals surface area contributed by atoms with E-state index in [0.717, 1.165) is 6.42 Å². The third-order valence-electron chi connectivity index (χ3n) is 2.39. The molecule has 0 aromatic carbocycles. The Hall–Kier alpha value is -0.740. The van der Waals surface area contributed by atoms with E-state index in [1.807, 2.05) is 0 Å². The molecule has 0 radical (unpaired) electrons. The van der Waals surface area contributed by atoms with Gasteiger partial charge in [0.2, 0.25) is 0 Å². The first-order chi connectivity index (χ1) is 5.79. The fraction of sp³-hybridized carbons (Fsp3) is 0.273. The molecule has 0 saturated carbocycles. The molecule has 1 heteroatoms. The molecule has 1 heterocycles. The Labute approximate surface area is 74.7 Å². The minimum Gasteiger partial charge on any atom is -0.120 e. The van der Waals surface area contributed by atoms with Gasteiger partial charge in [-0.3, -0.25) is 0 Å². The Morgan fingerprint density at radius 2 is 2.17 bits per heavy atom. The van der Waals surface area contributed by atoms with E-state index in [0.29, 0.717) is 0 Å². The summed E-state index contributed by atoms with van der Waals surface area (Å²) in [6.07, 6.45) is 5.77. The third kappa shape index (κ3) is 1.17. The highest BCUT2D eigenvalue weighted by molar-refractivity contribution is 7.48. The average Bonchev–Trinajstić information content (AvgIpc) is 2.59. The van der Waals surface area contributed by atoms with Crippen molar-refractivity contribution in [2.75, 3.05) is 0 Å². The standard InChI is InChI=1S/C11H13P/c1-9-5-3-6-10(9)11-7-4-8-12(11)2/h4-8H,3H2,1-2H3. The van der Waals surface area contributed by atoms with Crippen molar-refractivity contribution in [3.8, 4) is 0 Å². The van der Waals surface area contributed by atoms with Crippen LogP contribution in [0.15, 0.2) is 35.7 Å². The van der Waals surface area contributed by atoms with Crippen LogP contribution in [0.5, 0.6) is 0 Å². The molecule has 0 aliphatic heterocycles. The molecule has 0 bridgehead atoms. The molecule has 0 spiro atoms. The van der Waals surface area contributed by atoms with Crippen LogP contribution in [0.4, 0.5) is 0 Å². The second kappa shape index (κ2) is 2.95. The second-order valence-electron chi connectivity index (χ2n) is 3.24. The molecule has 0 fully saturated rings. The molecule has 12 heavy (non-hydrogen) atoms. The van der Waals surface area contributed by atoms with Crippen molar-refractivity contribution in [1.29, 1.82) is 0 Å².